The van der Waals surface area contributed by atoms with Gasteiger partial charge in [-0.1, -0.05) is 22.0 Å². The van der Waals surface area contributed by atoms with E-state index in [-0.39, 0.29) is 22.2 Å². The molecule has 0 unspecified atom stereocenters. The van der Waals surface area contributed by atoms with Gasteiger partial charge in [-0.25, -0.2) is 13.5 Å². The summed E-state index contributed by atoms with van der Waals surface area (Å²) in [5, 5.41) is 42.2. The monoisotopic (exact) mass is 551 g/mol. The van der Waals surface area contributed by atoms with E-state index in [1.807, 2.05) is 0 Å². The highest BCUT2D eigenvalue weighted by molar-refractivity contribution is 6.30. The van der Waals surface area contributed by atoms with Gasteiger partial charge < -0.3 is 24.5 Å². The molecule has 204 valence electrons. The van der Waals surface area contributed by atoms with Crippen molar-refractivity contribution in [3.05, 3.63) is 35.0 Å². The van der Waals surface area contributed by atoms with E-state index in [9.17, 15) is 24.3 Å². The van der Waals surface area contributed by atoms with Gasteiger partial charge in [0.05, 0.1) is 35.7 Å². The molecule has 1 saturated carbocycles. The molecule has 0 radical (unpaired) electrons. The summed E-state index contributed by atoms with van der Waals surface area (Å²) >= 11 is 5.66. The fourth-order valence-corrected chi connectivity index (χ4v) is 5.83. The third-order valence-electron chi connectivity index (χ3n) is 7.77. The molecular formula is C25H28ClF2N5O5. The largest absolute Gasteiger partial charge is 0.394 e. The quantitative estimate of drug-likeness (QED) is 0.523. The Morgan fingerprint density at radius 2 is 2.03 bits per heavy atom. The number of aromatic nitrogens is 3. The Kier molecular flexibility index (Phi) is 7.66. The molecule has 1 saturated heterocycles. The third-order valence-corrected chi connectivity index (χ3v) is 8.07. The third kappa shape index (κ3) is 4.89. The summed E-state index contributed by atoms with van der Waals surface area (Å²) in [7, 11) is 1.46. The predicted octanol–water partition coefficient (Wildman–Crippen LogP) is 3.17. The van der Waals surface area contributed by atoms with E-state index in [0.717, 1.165) is 31.4 Å². The van der Waals surface area contributed by atoms with Gasteiger partial charge in [-0.3, -0.25) is 0 Å². The predicted molar refractivity (Wildman–Crippen MR) is 130 cm³/mol. The second-order valence-electron chi connectivity index (χ2n) is 10.1. The second kappa shape index (κ2) is 10.8. The van der Waals surface area contributed by atoms with Crippen molar-refractivity contribution in [2.45, 2.75) is 74.6 Å². The number of hydrogen-bond acceptors (Lipinski definition) is 9. The van der Waals surface area contributed by atoms with Crippen molar-refractivity contribution in [1.82, 2.24) is 15.0 Å². The summed E-state index contributed by atoms with van der Waals surface area (Å²) in [5.74, 6) is -2.33. The maximum absolute atomic E-state index is 14.5. The van der Waals surface area contributed by atoms with Crippen LogP contribution in [0.25, 0.3) is 11.3 Å². The number of rotatable bonds is 6. The molecule has 13 heteroatoms. The van der Waals surface area contributed by atoms with Crippen LogP contribution in [0.1, 0.15) is 44.6 Å². The van der Waals surface area contributed by atoms with Gasteiger partial charge in [0.15, 0.2) is 11.6 Å². The Morgan fingerprint density at radius 3 is 2.71 bits per heavy atom. The van der Waals surface area contributed by atoms with Crippen LogP contribution in [0.5, 0.6) is 0 Å². The van der Waals surface area contributed by atoms with Crippen LogP contribution in [0.4, 0.5) is 8.78 Å². The Morgan fingerprint density at radius 1 is 1.26 bits per heavy atom. The molecule has 1 aliphatic carbocycles. The summed E-state index contributed by atoms with van der Waals surface area (Å²) in [6, 6.07) is 3.97. The molecule has 0 amide bonds. The fraction of sp³-hybridized carbons (Fsp3) is 0.600. The number of nitrogens with zero attached hydrogens (tertiary/aromatic N) is 5. The van der Waals surface area contributed by atoms with Crippen molar-refractivity contribution < 1.29 is 33.3 Å². The van der Waals surface area contributed by atoms with Crippen molar-refractivity contribution in [2.75, 3.05) is 13.7 Å². The number of halogens is 3. The molecule has 1 aromatic carbocycles. The highest BCUT2D eigenvalue weighted by Gasteiger charge is 2.49. The molecule has 1 aromatic heterocycles. The number of nitriles is 1. The first-order valence-electron chi connectivity index (χ1n) is 12.5. The number of benzene rings is 1. The van der Waals surface area contributed by atoms with Crippen molar-refractivity contribution >= 4 is 17.3 Å². The minimum Gasteiger partial charge on any atom is -0.394 e. The topological polar surface area (TPSA) is 135 Å². The zero-order valence-electron chi connectivity index (χ0n) is 20.6. The summed E-state index contributed by atoms with van der Waals surface area (Å²) in [6.07, 6.45) is 1.70. The van der Waals surface area contributed by atoms with Crippen LogP contribution in [0, 0.1) is 28.9 Å². The summed E-state index contributed by atoms with van der Waals surface area (Å²) in [4.78, 5) is 5.84. The van der Waals surface area contributed by atoms with Gasteiger partial charge in [0.25, 0.3) is 0 Å². The van der Waals surface area contributed by atoms with Crippen LogP contribution in [0.15, 0.2) is 23.5 Å². The van der Waals surface area contributed by atoms with Gasteiger partial charge in [0.1, 0.15) is 35.6 Å². The van der Waals surface area contributed by atoms with Crippen molar-refractivity contribution in [2.24, 2.45) is 11.1 Å². The lowest BCUT2D eigenvalue weighted by Gasteiger charge is -2.43. The van der Waals surface area contributed by atoms with E-state index >= 15 is 0 Å². The number of methoxy groups -OCH3 is 1. The van der Waals surface area contributed by atoms with Gasteiger partial charge >= 0.3 is 0 Å². The standard InChI is InChI=1S/C25H28ClF2N5O5/c1-36-24-18(8-14-9-25(38-31-14)6-4-13(10-29)5-7-25)37-19(12-34)23(35)22(24)33-11-17(30-32-33)15-2-3-16(26)21(28)20(15)27/h2-3,11,13,18-19,22-24,34-35H,4-9,12H2,1H3/t13?,18-,19-,22+,23+,24+,25?/m1/s1. The molecular weight excluding hydrogens is 524 g/mol. The lowest BCUT2D eigenvalue weighted by atomic mass is 9.76. The number of oxime groups is 1. The second-order valence-corrected chi connectivity index (χ2v) is 10.5. The molecule has 5 atom stereocenters. The first-order chi connectivity index (χ1) is 18.3. The van der Waals surface area contributed by atoms with Gasteiger partial charge in [-0.15, -0.1) is 5.10 Å². The fourth-order valence-electron chi connectivity index (χ4n) is 5.68. The van der Waals surface area contributed by atoms with Crippen LogP contribution in [-0.4, -0.2) is 74.7 Å². The Balaban J connectivity index is 1.36. The maximum atomic E-state index is 14.5. The Bertz CT molecular complexity index is 1250. The van der Waals surface area contributed by atoms with Crippen LogP contribution < -0.4 is 0 Å². The molecule has 38 heavy (non-hydrogen) atoms. The van der Waals surface area contributed by atoms with E-state index in [2.05, 4.69) is 21.5 Å². The van der Waals surface area contributed by atoms with Gasteiger partial charge in [-0.2, -0.15) is 5.26 Å². The van der Waals surface area contributed by atoms with Crippen molar-refractivity contribution in [3.63, 3.8) is 0 Å². The molecule has 10 nitrogen and oxygen atoms in total. The Labute approximate surface area is 222 Å². The zero-order valence-corrected chi connectivity index (χ0v) is 21.4. The van der Waals surface area contributed by atoms with Crippen molar-refractivity contribution in [3.8, 4) is 17.3 Å². The molecule has 3 heterocycles. The number of ether oxygens (including phenoxy) is 2. The van der Waals surface area contributed by atoms with Crippen LogP contribution in [-0.2, 0) is 14.3 Å². The van der Waals surface area contributed by atoms with Crippen LogP contribution >= 0.6 is 11.6 Å². The smallest absolute Gasteiger partial charge is 0.178 e. The highest BCUT2D eigenvalue weighted by atomic mass is 35.5. The summed E-state index contributed by atoms with van der Waals surface area (Å²) < 4.78 is 41.6. The normalized spacial score (nSPS) is 33.1. The molecule has 2 aromatic rings. The number of hydrogen-bond donors (Lipinski definition) is 2. The van der Waals surface area contributed by atoms with Gasteiger partial charge in [0.2, 0.25) is 0 Å². The molecule has 3 aliphatic rings. The summed E-state index contributed by atoms with van der Waals surface area (Å²) in [5.41, 5.74) is 0.232. The first kappa shape index (κ1) is 26.9. The lowest BCUT2D eigenvalue weighted by molar-refractivity contribution is -0.210. The maximum Gasteiger partial charge on any atom is 0.178 e. The Hall–Kier alpha value is -2.69. The van der Waals surface area contributed by atoms with E-state index < -0.39 is 54.3 Å². The summed E-state index contributed by atoms with van der Waals surface area (Å²) in [6.45, 7) is -0.467. The minimum absolute atomic E-state index is 0.0331. The highest BCUT2D eigenvalue weighted by Crippen LogP contribution is 2.42. The molecule has 1 spiro atoms. The molecule has 5 rings (SSSR count). The molecule has 0 bridgehead atoms. The first-order valence-corrected chi connectivity index (χ1v) is 12.8. The molecule has 2 fully saturated rings. The van der Waals surface area contributed by atoms with Gasteiger partial charge in [0, 0.05) is 31.4 Å². The van der Waals surface area contributed by atoms with Crippen LogP contribution in [0.2, 0.25) is 5.02 Å². The number of aliphatic hydroxyl groups excluding tert-OH is 2. The lowest BCUT2D eigenvalue weighted by Crippen LogP contribution is -2.57. The number of aliphatic hydroxyl groups is 2. The average molecular weight is 552 g/mol. The van der Waals surface area contributed by atoms with Crippen molar-refractivity contribution in [1.29, 1.82) is 5.26 Å². The zero-order chi connectivity index (χ0) is 27.0. The average Bonchev–Trinajstić information content (AvgIpc) is 3.56. The van der Waals surface area contributed by atoms with Gasteiger partial charge in [-0.05, 0) is 37.8 Å². The van der Waals surface area contributed by atoms with E-state index in [0.29, 0.717) is 12.8 Å². The molecule has 2 N–H and O–H groups in total. The minimum atomic E-state index is -1.24. The van der Waals surface area contributed by atoms with E-state index in [1.54, 1.807) is 0 Å². The van der Waals surface area contributed by atoms with E-state index in [4.69, 9.17) is 25.9 Å². The van der Waals surface area contributed by atoms with E-state index in [1.165, 1.54) is 30.1 Å². The SMILES string of the molecule is CO[C@@H]1[C@@H](n2cc(-c3ccc(Cl)c(F)c3F)nn2)[C@@H](O)[C@@H](CO)O[C@@H]1CC1=NOC2(CCC(C#N)CC2)C1. The van der Waals surface area contributed by atoms with Crippen LogP contribution in [0.3, 0.4) is 0 Å². The molecule has 2 aliphatic heterocycles.